The molecule has 0 saturated heterocycles. The molecule has 0 bridgehead atoms. The van der Waals surface area contributed by atoms with Crippen LogP contribution < -0.4 is 10.9 Å². The molecule has 4 nitrogen and oxygen atoms in total. The predicted octanol–water partition coefficient (Wildman–Crippen LogP) is 5.28. The molecule has 4 rings (SSSR count). The van der Waals surface area contributed by atoms with E-state index in [1.165, 1.54) is 23.5 Å². The number of fused-ring (bicyclic) bond motifs is 1. The van der Waals surface area contributed by atoms with E-state index in [9.17, 15) is 9.18 Å². The Morgan fingerprint density at radius 3 is 2.52 bits per heavy atom. The van der Waals surface area contributed by atoms with Crippen molar-refractivity contribution in [3.05, 3.63) is 87.5 Å². The van der Waals surface area contributed by atoms with Crippen LogP contribution in [0.1, 0.15) is 31.3 Å². The predicted molar refractivity (Wildman–Crippen MR) is 116 cm³/mol. The molecule has 0 aliphatic heterocycles. The summed E-state index contributed by atoms with van der Waals surface area (Å²) in [5.41, 5.74) is 2.79. The van der Waals surface area contributed by atoms with E-state index >= 15 is 0 Å². The van der Waals surface area contributed by atoms with E-state index in [4.69, 9.17) is 0 Å². The number of thiophene rings is 1. The van der Waals surface area contributed by atoms with Gasteiger partial charge in [0.2, 0.25) is 0 Å². The molecule has 1 atom stereocenters. The second-order valence-corrected chi connectivity index (χ2v) is 8.22. The number of H-pyrrole nitrogens is 1. The van der Waals surface area contributed by atoms with Gasteiger partial charge in [-0.25, -0.2) is 9.37 Å². The summed E-state index contributed by atoms with van der Waals surface area (Å²) in [6.07, 6.45) is 0. The minimum atomic E-state index is -0.250. The molecule has 0 amide bonds. The minimum absolute atomic E-state index is 0.0276. The highest BCUT2D eigenvalue weighted by atomic mass is 32.1. The molecule has 2 N–H and O–H groups in total. The van der Waals surface area contributed by atoms with Gasteiger partial charge in [0.1, 0.15) is 16.5 Å². The highest BCUT2D eigenvalue weighted by Crippen LogP contribution is 2.30. The Labute approximate surface area is 172 Å². The van der Waals surface area contributed by atoms with Crippen molar-refractivity contribution in [3.63, 3.8) is 0 Å². The molecular weight excluding hydrogens is 385 g/mol. The first-order valence-electron chi connectivity index (χ1n) is 9.57. The molecule has 0 aliphatic carbocycles. The van der Waals surface area contributed by atoms with Crippen molar-refractivity contribution >= 4 is 21.6 Å². The zero-order valence-electron chi connectivity index (χ0n) is 16.3. The topological polar surface area (TPSA) is 57.8 Å². The maximum Gasteiger partial charge on any atom is 0.260 e. The smallest absolute Gasteiger partial charge is 0.260 e. The van der Waals surface area contributed by atoms with E-state index in [2.05, 4.69) is 29.1 Å². The molecule has 2 aromatic heterocycles. The van der Waals surface area contributed by atoms with Crippen molar-refractivity contribution in [2.75, 3.05) is 0 Å². The van der Waals surface area contributed by atoms with Crippen LogP contribution >= 0.6 is 11.3 Å². The number of hydrogen-bond acceptors (Lipinski definition) is 4. The fraction of sp³-hybridized carbons (Fsp3) is 0.217. The van der Waals surface area contributed by atoms with E-state index < -0.39 is 0 Å². The molecule has 29 heavy (non-hydrogen) atoms. The molecule has 0 fully saturated rings. The fourth-order valence-electron chi connectivity index (χ4n) is 3.52. The van der Waals surface area contributed by atoms with Crippen molar-refractivity contribution < 1.29 is 4.39 Å². The van der Waals surface area contributed by atoms with Crippen LogP contribution in [0.3, 0.4) is 0 Å². The quantitative estimate of drug-likeness (QED) is 0.457. The summed E-state index contributed by atoms with van der Waals surface area (Å²) < 4.78 is 13.3. The summed E-state index contributed by atoms with van der Waals surface area (Å²) in [6.45, 7) is 4.63. The number of aromatic amines is 1. The van der Waals surface area contributed by atoms with Gasteiger partial charge in [0.25, 0.3) is 5.56 Å². The SMILES string of the molecule is CC(C)C(NCc1nc2scc(-c3ccccc3)c2c(=O)[nH]1)c1ccc(F)cc1. The van der Waals surface area contributed by atoms with Gasteiger partial charge in [-0.3, -0.25) is 4.79 Å². The first-order chi connectivity index (χ1) is 14.0. The van der Waals surface area contributed by atoms with E-state index in [1.54, 1.807) is 12.1 Å². The molecule has 0 spiro atoms. The normalized spacial score (nSPS) is 12.6. The average molecular weight is 408 g/mol. The molecule has 6 heteroatoms. The molecule has 0 aliphatic rings. The third-order valence-electron chi connectivity index (χ3n) is 4.96. The summed E-state index contributed by atoms with van der Waals surface area (Å²) >= 11 is 1.48. The number of hydrogen-bond donors (Lipinski definition) is 2. The van der Waals surface area contributed by atoms with Crippen molar-refractivity contribution in [3.8, 4) is 11.1 Å². The zero-order chi connectivity index (χ0) is 20.4. The summed E-state index contributed by atoms with van der Waals surface area (Å²) in [5.74, 6) is 0.638. The van der Waals surface area contributed by atoms with E-state index in [-0.39, 0.29) is 17.4 Å². The number of rotatable bonds is 6. The van der Waals surface area contributed by atoms with Crippen LogP contribution in [0.4, 0.5) is 4.39 Å². The number of aromatic nitrogens is 2. The van der Waals surface area contributed by atoms with Gasteiger partial charge in [-0.15, -0.1) is 11.3 Å². The highest BCUT2D eigenvalue weighted by Gasteiger charge is 2.17. The second kappa shape index (κ2) is 8.27. The van der Waals surface area contributed by atoms with Crippen LogP contribution in [0.25, 0.3) is 21.3 Å². The van der Waals surface area contributed by atoms with E-state index in [0.29, 0.717) is 23.7 Å². The molecule has 4 aromatic rings. The van der Waals surface area contributed by atoms with E-state index in [1.807, 2.05) is 35.7 Å². The molecule has 0 radical (unpaired) electrons. The highest BCUT2D eigenvalue weighted by molar-refractivity contribution is 7.17. The van der Waals surface area contributed by atoms with Gasteiger partial charge in [0, 0.05) is 17.0 Å². The Morgan fingerprint density at radius 1 is 1.10 bits per heavy atom. The Kier molecular flexibility index (Phi) is 5.56. The first kappa shape index (κ1) is 19.5. The molecular formula is C23H22FN3OS. The first-order valence-corrected chi connectivity index (χ1v) is 10.5. The third kappa shape index (κ3) is 4.13. The van der Waals surface area contributed by atoms with Crippen LogP contribution in [-0.2, 0) is 6.54 Å². The lowest BCUT2D eigenvalue weighted by Crippen LogP contribution is -2.27. The molecule has 2 aromatic carbocycles. The van der Waals surface area contributed by atoms with Gasteiger partial charge in [-0.05, 0) is 29.2 Å². The van der Waals surface area contributed by atoms with Crippen molar-refractivity contribution in [2.24, 2.45) is 5.92 Å². The lowest BCUT2D eigenvalue weighted by molar-refractivity contribution is 0.405. The number of halogens is 1. The van der Waals surface area contributed by atoms with E-state index in [0.717, 1.165) is 21.5 Å². The standard InChI is InChI=1S/C23H22FN3OS/c1-14(2)21(16-8-10-17(24)11-9-16)25-12-19-26-22(28)20-18(13-29-23(20)27-19)15-6-4-3-5-7-15/h3-11,13-14,21,25H,12H2,1-2H3,(H,26,27,28). The number of benzene rings is 2. The Bertz CT molecular complexity index is 1170. The zero-order valence-corrected chi connectivity index (χ0v) is 17.1. The molecule has 1 unspecified atom stereocenters. The largest absolute Gasteiger partial charge is 0.309 e. The van der Waals surface area contributed by atoms with Crippen LogP contribution in [0.15, 0.2) is 64.8 Å². The van der Waals surface area contributed by atoms with Crippen LogP contribution in [0.5, 0.6) is 0 Å². The molecule has 148 valence electrons. The Hall–Kier alpha value is -2.83. The summed E-state index contributed by atoms with van der Waals surface area (Å²) in [7, 11) is 0. The van der Waals surface area contributed by atoms with Gasteiger partial charge in [-0.2, -0.15) is 0 Å². The lowest BCUT2D eigenvalue weighted by atomic mass is 9.96. The Morgan fingerprint density at radius 2 is 1.83 bits per heavy atom. The van der Waals surface area contributed by atoms with Crippen molar-refractivity contribution in [2.45, 2.75) is 26.4 Å². The third-order valence-corrected chi connectivity index (χ3v) is 5.84. The van der Waals surface area contributed by atoms with Crippen LogP contribution in [-0.4, -0.2) is 9.97 Å². The van der Waals surface area contributed by atoms with Gasteiger partial charge >= 0.3 is 0 Å². The van der Waals surface area contributed by atoms with Crippen molar-refractivity contribution in [1.29, 1.82) is 0 Å². The average Bonchev–Trinajstić information content (AvgIpc) is 3.14. The minimum Gasteiger partial charge on any atom is -0.309 e. The molecule has 0 saturated carbocycles. The fourth-order valence-corrected chi connectivity index (χ4v) is 4.49. The van der Waals surface area contributed by atoms with Crippen LogP contribution in [0, 0.1) is 11.7 Å². The number of nitrogens with zero attached hydrogens (tertiary/aromatic N) is 1. The van der Waals surface area contributed by atoms with Gasteiger partial charge < -0.3 is 10.3 Å². The maximum atomic E-state index is 13.3. The Balaban J connectivity index is 1.60. The maximum absolute atomic E-state index is 13.3. The summed E-state index contributed by atoms with van der Waals surface area (Å²) in [6, 6.07) is 16.4. The molecule has 2 heterocycles. The summed E-state index contributed by atoms with van der Waals surface area (Å²) in [4.78, 5) is 21.1. The monoisotopic (exact) mass is 407 g/mol. The lowest BCUT2D eigenvalue weighted by Gasteiger charge is -2.22. The van der Waals surface area contributed by atoms with Gasteiger partial charge in [-0.1, -0.05) is 56.3 Å². The van der Waals surface area contributed by atoms with Crippen molar-refractivity contribution in [1.82, 2.24) is 15.3 Å². The van der Waals surface area contributed by atoms with Gasteiger partial charge in [0.05, 0.1) is 11.9 Å². The summed E-state index contributed by atoms with van der Waals surface area (Å²) in [5, 5.41) is 6.06. The van der Waals surface area contributed by atoms with Gasteiger partial charge in [0.15, 0.2) is 0 Å². The van der Waals surface area contributed by atoms with Crippen LogP contribution in [0.2, 0.25) is 0 Å². The second-order valence-electron chi connectivity index (χ2n) is 7.36. The number of nitrogens with one attached hydrogen (secondary N) is 2.